The molecule has 77 heavy (non-hydrogen) atoms. The van der Waals surface area contributed by atoms with E-state index in [-0.39, 0.29) is 69.0 Å². The first-order valence-electron chi connectivity index (χ1n) is 25.7. The number of hydrogen-bond acceptors (Lipinski definition) is 10. The summed E-state index contributed by atoms with van der Waals surface area (Å²) in [6, 6.07) is 20.2. The van der Waals surface area contributed by atoms with E-state index in [0.717, 1.165) is 77.9 Å². The van der Waals surface area contributed by atoms with Gasteiger partial charge in [-0.15, -0.1) is 33.2 Å². The van der Waals surface area contributed by atoms with E-state index >= 15 is 0 Å². The molecule has 0 spiro atoms. The molecule has 3 aromatic heterocycles. The second kappa shape index (κ2) is 25.1. The zero-order valence-electron chi connectivity index (χ0n) is 47.2. The predicted molar refractivity (Wildman–Crippen MR) is 308 cm³/mol. The Morgan fingerprint density at radius 2 is 0.805 bits per heavy atom. The van der Waals surface area contributed by atoms with Gasteiger partial charge in [0.1, 0.15) is 16.1 Å². The largest absolute Gasteiger partial charge is 2.00 e. The van der Waals surface area contributed by atoms with Crippen molar-refractivity contribution in [1.82, 2.24) is 19.9 Å². The van der Waals surface area contributed by atoms with Crippen LogP contribution in [0.1, 0.15) is 109 Å². The summed E-state index contributed by atoms with van der Waals surface area (Å²) < 4.78 is 20.7. The summed E-state index contributed by atoms with van der Waals surface area (Å²) in [7, 11) is 2.15. The first-order valence-corrected chi connectivity index (χ1v) is 32.7. The molecule has 0 amide bonds. The maximum atomic E-state index is 13.0. The fourth-order valence-corrected chi connectivity index (χ4v) is 10.5. The van der Waals surface area contributed by atoms with Crippen LogP contribution < -0.4 is 9.97 Å². The van der Waals surface area contributed by atoms with Crippen molar-refractivity contribution in [3.8, 4) is 45.2 Å². The smallest absolute Gasteiger partial charge is 0.657 e. The number of fused-ring (bicyclic) bond motifs is 8. The first kappa shape index (κ1) is 59.3. The fraction of sp³-hybridized carbons (Fsp3) is 0.355. The van der Waals surface area contributed by atoms with Crippen molar-refractivity contribution in [1.29, 1.82) is 0 Å². The van der Waals surface area contributed by atoms with Gasteiger partial charge in [-0.1, -0.05) is 110 Å². The molecule has 15 heteroatoms. The van der Waals surface area contributed by atoms with Crippen LogP contribution in [0.5, 0.6) is 0 Å². The Morgan fingerprint density at radius 3 is 1.10 bits per heavy atom. The average Bonchev–Trinajstić information content (AvgIpc) is 4.07. The van der Waals surface area contributed by atoms with Crippen molar-refractivity contribution in [2.24, 2.45) is 0 Å². The van der Waals surface area contributed by atoms with Gasteiger partial charge < -0.3 is 28.9 Å². The second-order valence-corrected chi connectivity index (χ2v) is 30.8. The number of rotatable bonds is 14. The van der Waals surface area contributed by atoms with Crippen LogP contribution in [0.3, 0.4) is 0 Å². The molecule has 0 radical (unpaired) electrons. The maximum absolute atomic E-state index is 13.0. The number of aryl methyl sites for hydroxylation is 4. The number of allylic oxidation sites excluding steroid dienone is 4. The number of carbonyl (C=O) groups is 4. The SMILES string of the molecule is COC(=O)CCC1=C(C)c2nc1cc1[n-]c(c(C)c1CCC(=O)OC)c(-c1ccc(C#C[Si](C)(C)C)cc1)c1nc(cc3[n-]c(c(C)c3CCC(=O)OC)c2-c2ccc(C#C[Si](C)(C)C)cc2)C(CCC(=O)OC)=C1C.[Zn+2]. The molecule has 2 aliphatic heterocycles. The third-order valence-electron chi connectivity index (χ3n) is 13.6. The third-order valence-corrected chi connectivity index (χ3v) is 15.4. The molecular formula is C62H68N4O8Si2Zn. The topological polar surface area (TPSA) is 159 Å². The Kier molecular flexibility index (Phi) is 19.3. The van der Waals surface area contributed by atoms with Gasteiger partial charge in [0.05, 0.1) is 51.2 Å². The van der Waals surface area contributed by atoms with Gasteiger partial charge in [-0.3, -0.25) is 19.2 Å². The number of methoxy groups -OCH3 is 4. The summed E-state index contributed by atoms with van der Waals surface area (Å²) in [6.07, 6.45) is 1.65. The molecule has 8 bridgehead atoms. The molecule has 5 heterocycles. The van der Waals surface area contributed by atoms with Gasteiger partial charge in [0, 0.05) is 36.8 Å². The summed E-state index contributed by atoms with van der Waals surface area (Å²) >= 11 is 0. The zero-order valence-corrected chi connectivity index (χ0v) is 52.2. The minimum atomic E-state index is -1.69. The van der Waals surface area contributed by atoms with Crippen LogP contribution in [-0.4, -0.2) is 78.4 Å². The molecule has 0 N–H and O–H groups in total. The number of hydrogen-bond donors (Lipinski definition) is 0. The van der Waals surface area contributed by atoms with Gasteiger partial charge in [0.2, 0.25) is 0 Å². The summed E-state index contributed by atoms with van der Waals surface area (Å²) in [6.45, 7) is 21.3. The van der Waals surface area contributed by atoms with Crippen LogP contribution in [0.15, 0.2) is 60.7 Å². The number of ether oxygens (including phenoxy) is 4. The van der Waals surface area contributed by atoms with Crippen LogP contribution in [0.25, 0.3) is 66.6 Å². The van der Waals surface area contributed by atoms with E-state index < -0.39 is 16.1 Å². The number of carbonyl (C=O) groups excluding carboxylic acids is 4. The van der Waals surface area contributed by atoms with Crippen molar-refractivity contribution in [3.63, 3.8) is 0 Å². The van der Waals surface area contributed by atoms with Gasteiger partial charge >= 0.3 is 43.4 Å². The summed E-state index contributed by atoms with van der Waals surface area (Å²) in [4.78, 5) is 73.9. The van der Waals surface area contributed by atoms with Gasteiger partial charge in [-0.2, -0.15) is 0 Å². The molecule has 0 saturated carbocycles. The quantitative estimate of drug-likeness (QED) is 0.0449. The summed E-state index contributed by atoms with van der Waals surface area (Å²) in [5, 5.41) is 0. The normalized spacial score (nSPS) is 12.2. The molecule has 0 saturated heterocycles. The predicted octanol–water partition coefficient (Wildman–Crippen LogP) is 12.0. The Hall–Kier alpha value is -6.90. The summed E-state index contributed by atoms with van der Waals surface area (Å²) in [5.74, 6) is 5.32. The molecular weight excluding hydrogens is 1050 g/mol. The van der Waals surface area contributed by atoms with Crippen LogP contribution in [0.4, 0.5) is 0 Å². The van der Waals surface area contributed by atoms with Crippen molar-refractivity contribution >= 4 is 84.4 Å². The molecule has 0 atom stereocenters. The van der Waals surface area contributed by atoms with Crippen molar-refractivity contribution < 1.29 is 57.6 Å². The monoisotopic (exact) mass is 1120 g/mol. The molecule has 2 aromatic carbocycles. The molecule has 12 nitrogen and oxygen atoms in total. The molecule has 0 fully saturated rings. The zero-order chi connectivity index (χ0) is 55.2. The summed E-state index contributed by atoms with van der Waals surface area (Å²) in [5.41, 5.74) is 23.6. The van der Waals surface area contributed by atoms with Crippen LogP contribution in [0, 0.1) is 36.8 Å². The van der Waals surface area contributed by atoms with Crippen molar-refractivity contribution in [3.05, 3.63) is 117 Å². The van der Waals surface area contributed by atoms with E-state index in [0.29, 0.717) is 70.5 Å². The van der Waals surface area contributed by atoms with Crippen LogP contribution in [-0.2, 0) is 70.4 Å². The molecule has 0 unspecified atom stereocenters. The number of esters is 4. The van der Waals surface area contributed by atoms with Crippen LogP contribution >= 0.6 is 0 Å². The molecule has 7 rings (SSSR count). The van der Waals surface area contributed by atoms with Crippen molar-refractivity contribution in [2.45, 2.75) is 118 Å². The molecule has 0 aliphatic carbocycles. The van der Waals surface area contributed by atoms with Crippen LogP contribution in [0.2, 0.25) is 39.3 Å². The van der Waals surface area contributed by atoms with E-state index in [2.05, 4.69) is 62.2 Å². The fourth-order valence-electron chi connectivity index (χ4n) is 9.45. The van der Waals surface area contributed by atoms with Gasteiger partial charge in [-0.05, 0) is 122 Å². The number of nitrogens with zero attached hydrogens (tertiary/aromatic N) is 4. The second-order valence-electron chi connectivity index (χ2n) is 21.3. The Morgan fingerprint density at radius 1 is 0.494 bits per heavy atom. The molecule has 2 aliphatic rings. The third kappa shape index (κ3) is 14.0. The standard InChI is InChI=1S/C62H68N4O8Si2.Zn/c1-37-45(23-27-53(67)71-5)49-35-50-47(25-29-55(69)73-7)39(3)61(65-50)58(44-21-17-42(18-22-44)32-34-76(12,13)14)62-40(4)48(26-30-56(70)74-8)52(66-62)36-51-46(24-28-54(68)72-6)38(2)60(64-51)57(59(37)63-49)43-19-15-41(16-20-43)31-33-75(9,10)11;/h15-22,35-36H,23-30H2,1-14H3;/q-2;+2. The molecule has 394 valence electrons. The number of aromatic nitrogens is 4. The minimum Gasteiger partial charge on any atom is -0.657 e. The van der Waals surface area contributed by atoms with Gasteiger partial charge in [0.25, 0.3) is 0 Å². The Balaban J connectivity index is 0.00000961. The van der Waals surface area contributed by atoms with E-state index in [9.17, 15) is 19.2 Å². The van der Waals surface area contributed by atoms with Gasteiger partial charge in [-0.25, -0.2) is 9.97 Å². The number of benzene rings is 2. The minimum absolute atomic E-state index is 0. The van der Waals surface area contributed by atoms with E-state index in [1.54, 1.807) is 0 Å². The van der Waals surface area contributed by atoms with E-state index in [1.807, 2.05) is 88.4 Å². The molecule has 5 aromatic rings. The van der Waals surface area contributed by atoms with Crippen molar-refractivity contribution in [2.75, 3.05) is 28.4 Å². The average molecular weight is 1120 g/mol. The van der Waals surface area contributed by atoms with E-state index in [1.165, 1.54) is 28.4 Å². The maximum Gasteiger partial charge on any atom is 2.00 e. The Labute approximate surface area is 468 Å². The van der Waals surface area contributed by atoms with Gasteiger partial charge in [0.15, 0.2) is 0 Å². The van der Waals surface area contributed by atoms with E-state index in [4.69, 9.17) is 38.9 Å². The Bertz CT molecular complexity index is 3280. The first-order chi connectivity index (χ1) is 36.0.